The normalized spacial score (nSPS) is 10.8. The summed E-state index contributed by atoms with van der Waals surface area (Å²) in [5, 5.41) is 5.85. The van der Waals surface area contributed by atoms with Crippen LogP contribution in [0.15, 0.2) is 65.5 Å². The van der Waals surface area contributed by atoms with Crippen molar-refractivity contribution in [1.29, 1.82) is 0 Å². The molecule has 2 aromatic heterocycles. The summed E-state index contributed by atoms with van der Waals surface area (Å²) in [6, 6.07) is 18.1. The third kappa shape index (κ3) is 3.48. The van der Waals surface area contributed by atoms with Crippen LogP contribution in [0.2, 0.25) is 0 Å². The second-order valence-electron chi connectivity index (χ2n) is 6.14. The van der Waals surface area contributed by atoms with Gasteiger partial charge in [0.05, 0.1) is 34.5 Å². The van der Waals surface area contributed by atoms with E-state index < -0.39 is 0 Å². The minimum Gasteiger partial charge on any atom is -0.324 e. The molecule has 0 unspecified atom stereocenters. The van der Waals surface area contributed by atoms with Gasteiger partial charge in [0.25, 0.3) is 0 Å². The fraction of sp³-hybridized carbons (Fsp3) is 0.0952. The number of carbonyl (C=O) groups is 1. The monoisotopic (exact) mass is 359 g/mol. The third-order valence-electron chi connectivity index (χ3n) is 4.17. The van der Waals surface area contributed by atoms with Gasteiger partial charge in [0, 0.05) is 16.3 Å². The van der Waals surface area contributed by atoms with Crippen LogP contribution in [0, 0.1) is 6.92 Å². The number of thiazole rings is 1. The molecular weight excluding hydrogens is 342 g/mol. The average Bonchev–Trinajstić information content (AvgIpc) is 3.15. The highest BCUT2D eigenvalue weighted by atomic mass is 32.1. The Kier molecular flexibility index (Phi) is 4.46. The molecule has 0 fully saturated rings. The molecule has 1 amide bonds. The van der Waals surface area contributed by atoms with Crippen molar-refractivity contribution >= 4 is 33.8 Å². The van der Waals surface area contributed by atoms with E-state index >= 15 is 0 Å². The number of rotatable bonds is 4. The molecule has 0 saturated heterocycles. The van der Waals surface area contributed by atoms with E-state index in [2.05, 4.69) is 41.5 Å². The largest absolute Gasteiger partial charge is 0.324 e. The van der Waals surface area contributed by atoms with E-state index in [1.807, 2.05) is 35.7 Å². The van der Waals surface area contributed by atoms with Crippen LogP contribution in [0.4, 0.5) is 5.69 Å². The highest BCUT2D eigenvalue weighted by molar-refractivity contribution is 7.07. The molecule has 0 radical (unpaired) electrons. The minimum atomic E-state index is -0.0917. The summed E-state index contributed by atoms with van der Waals surface area (Å²) in [6.45, 7) is 2.06. The zero-order chi connectivity index (χ0) is 17.9. The Labute approximate surface area is 155 Å². The third-order valence-corrected chi connectivity index (χ3v) is 4.80. The predicted molar refractivity (Wildman–Crippen MR) is 106 cm³/mol. The molecule has 128 valence electrons. The number of carbonyl (C=O) groups excluding carboxylic acids is 1. The van der Waals surface area contributed by atoms with Crippen LogP contribution in [0.25, 0.3) is 22.2 Å². The van der Waals surface area contributed by atoms with Gasteiger partial charge in [-0.2, -0.15) is 0 Å². The molecular formula is C21H17N3OS. The van der Waals surface area contributed by atoms with Crippen molar-refractivity contribution in [2.45, 2.75) is 13.3 Å². The van der Waals surface area contributed by atoms with E-state index in [4.69, 9.17) is 4.98 Å². The summed E-state index contributed by atoms with van der Waals surface area (Å²) in [5.74, 6) is -0.0917. The first-order chi connectivity index (χ1) is 12.7. The summed E-state index contributed by atoms with van der Waals surface area (Å²) in [5.41, 5.74) is 7.18. The number of pyridine rings is 1. The molecule has 0 bridgehead atoms. The van der Waals surface area contributed by atoms with Crippen LogP contribution in [-0.4, -0.2) is 15.9 Å². The highest BCUT2D eigenvalue weighted by Gasteiger charge is 2.10. The summed E-state index contributed by atoms with van der Waals surface area (Å²) in [6.07, 6.45) is 0.261. The number of anilines is 1. The lowest BCUT2D eigenvalue weighted by Crippen LogP contribution is -2.15. The van der Waals surface area contributed by atoms with Gasteiger partial charge in [-0.3, -0.25) is 4.79 Å². The average molecular weight is 359 g/mol. The molecule has 2 heterocycles. The van der Waals surface area contributed by atoms with Crippen molar-refractivity contribution in [3.63, 3.8) is 0 Å². The highest BCUT2D eigenvalue weighted by Crippen LogP contribution is 2.26. The van der Waals surface area contributed by atoms with Crippen molar-refractivity contribution in [1.82, 2.24) is 9.97 Å². The summed E-state index contributed by atoms with van der Waals surface area (Å²) < 4.78 is 0. The van der Waals surface area contributed by atoms with Crippen LogP contribution in [-0.2, 0) is 11.2 Å². The molecule has 4 aromatic rings. The van der Waals surface area contributed by atoms with Gasteiger partial charge >= 0.3 is 0 Å². The molecule has 0 saturated carbocycles. The zero-order valence-corrected chi connectivity index (χ0v) is 15.1. The number of hydrogen-bond acceptors (Lipinski definition) is 4. The van der Waals surface area contributed by atoms with Crippen LogP contribution in [0.5, 0.6) is 0 Å². The molecule has 4 nitrogen and oxygen atoms in total. The molecule has 0 spiro atoms. The minimum absolute atomic E-state index is 0.0917. The van der Waals surface area contributed by atoms with Gasteiger partial charge < -0.3 is 5.32 Å². The van der Waals surface area contributed by atoms with Crippen molar-refractivity contribution in [3.8, 4) is 11.3 Å². The number of benzene rings is 2. The maximum atomic E-state index is 12.3. The topological polar surface area (TPSA) is 54.9 Å². The lowest BCUT2D eigenvalue weighted by molar-refractivity contribution is -0.115. The van der Waals surface area contributed by atoms with Crippen molar-refractivity contribution < 1.29 is 4.79 Å². The number of fused-ring (bicyclic) bond motifs is 1. The SMILES string of the molecule is Cc1ccc(-c2ccc3cccc(NC(=O)Cc4cscn4)c3n2)cc1. The smallest absolute Gasteiger partial charge is 0.230 e. The number of hydrogen-bond donors (Lipinski definition) is 1. The van der Waals surface area contributed by atoms with Gasteiger partial charge in [0.2, 0.25) is 5.91 Å². The van der Waals surface area contributed by atoms with Gasteiger partial charge in [-0.25, -0.2) is 9.97 Å². The number of aryl methyl sites for hydroxylation is 1. The van der Waals surface area contributed by atoms with Crippen LogP contribution in [0.1, 0.15) is 11.3 Å². The van der Waals surface area contributed by atoms with E-state index in [1.54, 1.807) is 5.51 Å². The maximum absolute atomic E-state index is 12.3. The second-order valence-corrected chi connectivity index (χ2v) is 6.86. The molecule has 1 N–H and O–H groups in total. The summed E-state index contributed by atoms with van der Waals surface area (Å²) in [4.78, 5) is 21.3. The first-order valence-corrected chi connectivity index (χ1v) is 9.27. The molecule has 4 rings (SSSR count). The second kappa shape index (κ2) is 7.06. The summed E-state index contributed by atoms with van der Waals surface area (Å²) in [7, 11) is 0. The Bertz CT molecular complexity index is 1060. The van der Waals surface area contributed by atoms with Crippen LogP contribution >= 0.6 is 11.3 Å². The molecule has 2 aromatic carbocycles. The van der Waals surface area contributed by atoms with E-state index in [0.717, 1.165) is 33.5 Å². The lowest BCUT2D eigenvalue weighted by atomic mass is 10.1. The number of aromatic nitrogens is 2. The molecule has 5 heteroatoms. The Morgan fingerprint density at radius 3 is 2.69 bits per heavy atom. The Morgan fingerprint density at radius 1 is 1.08 bits per heavy atom. The number of para-hydroxylation sites is 1. The number of nitrogens with zero attached hydrogens (tertiary/aromatic N) is 2. The Morgan fingerprint density at radius 2 is 1.92 bits per heavy atom. The first-order valence-electron chi connectivity index (χ1n) is 8.33. The van der Waals surface area contributed by atoms with Gasteiger partial charge in [0.1, 0.15) is 0 Å². The predicted octanol–water partition coefficient (Wildman–Crippen LogP) is 4.85. The maximum Gasteiger partial charge on any atom is 0.230 e. The molecule has 0 aliphatic heterocycles. The van der Waals surface area contributed by atoms with Gasteiger partial charge in [-0.05, 0) is 19.1 Å². The fourth-order valence-corrected chi connectivity index (χ4v) is 3.38. The van der Waals surface area contributed by atoms with Crippen LogP contribution < -0.4 is 5.32 Å². The van der Waals surface area contributed by atoms with Crippen LogP contribution in [0.3, 0.4) is 0 Å². The van der Waals surface area contributed by atoms with Gasteiger partial charge in [-0.15, -0.1) is 11.3 Å². The number of nitrogens with one attached hydrogen (secondary N) is 1. The molecule has 0 aliphatic rings. The first kappa shape index (κ1) is 16.4. The quantitative estimate of drug-likeness (QED) is 0.567. The van der Waals surface area contributed by atoms with E-state index in [1.165, 1.54) is 16.9 Å². The van der Waals surface area contributed by atoms with E-state index in [-0.39, 0.29) is 12.3 Å². The van der Waals surface area contributed by atoms with Gasteiger partial charge in [0.15, 0.2) is 0 Å². The fourth-order valence-electron chi connectivity index (χ4n) is 2.82. The number of amides is 1. The standard InChI is InChI=1S/C21H17N3OS/c1-14-5-7-15(8-6-14)18-10-9-16-3-2-4-19(21(16)24-18)23-20(25)11-17-12-26-13-22-17/h2-10,12-13H,11H2,1H3,(H,23,25). The van der Waals surface area contributed by atoms with E-state index in [9.17, 15) is 4.79 Å². The molecule has 0 atom stereocenters. The summed E-state index contributed by atoms with van der Waals surface area (Å²) >= 11 is 1.49. The molecule has 26 heavy (non-hydrogen) atoms. The van der Waals surface area contributed by atoms with Crippen molar-refractivity contribution in [2.24, 2.45) is 0 Å². The van der Waals surface area contributed by atoms with E-state index in [0.29, 0.717) is 0 Å². The lowest BCUT2D eigenvalue weighted by Gasteiger charge is -2.09. The zero-order valence-electron chi connectivity index (χ0n) is 14.3. The Hall–Kier alpha value is -3.05. The van der Waals surface area contributed by atoms with Crippen molar-refractivity contribution in [2.75, 3.05) is 5.32 Å². The van der Waals surface area contributed by atoms with Gasteiger partial charge in [-0.1, -0.05) is 48.0 Å². The van der Waals surface area contributed by atoms with Crippen molar-refractivity contribution in [3.05, 3.63) is 76.7 Å². The molecule has 0 aliphatic carbocycles. The Balaban J connectivity index is 1.67.